The second-order valence-electron chi connectivity index (χ2n) is 4.94. The van der Waals surface area contributed by atoms with Crippen molar-refractivity contribution >= 4 is 29.3 Å². The zero-order valence-corrected chi connectivity index (χ0v) is 10.7. The van der Waals surface area contributed by atoms with E-state index in [0.29, 0.717) is 5.02 Å². The largest absolute Gasteiger partial charge is 0.481 e. The molecule has 1 saturated carbocycles. The van der Waals surface area contributed by atoms with Crippen LogP contribution in [0.2, 0.25) is 5.02 Å². The molecule has 0 aromatic carbocycles. The number of carbonyl (C=O) groups excluding carboxylic acids is 1. The predicted molar refractivity (Wildman–Crippen MR) is 66.3 cm³/mol. The van der Waals surface area contributed by atoms with Gasteiger partial charge in [0.15, 0.2) is 5.82 Å². The summed E-state index contributed by atoms with van der Waals surface area (Å²) in [4.78, 5) is 26.9. The van der Waals surface area contributed by atoms with Crippen LogP contribution in [-0.2, 0) is 9.59 Å². The van der Waals surface area contributed by atoms with Gasteiger partial charge >= 0.3 is 5.97 Å². The van der Waals surface area contributed by atoms with E-state index in [9.17, 15) is 9.59 Å². The highest BCUT2D eigenvalue weighted by Crippen LogP contribution is 2.58. The molecule has 1 aromatic rings. The van der Waals surface area contributed by atoms with Crippen LogP contribution < -0.4 is 5.32 Å². The Morgan fingerprint density at radius 3 is 2.61 bits per heavy atom. The lowest BCUT2D eigenvalue weighted by Gasteiger charge is -2.06. The van der Waals surface area contributed by atoms with Crippen LogP contribution in [0, 0.1) is 17.3 Å². The highest BCUT2D eigenvalue weighted by molar-refractivity contribution is 6.33. The molecule has 96 valence electrons. The van der Waals surface area contributed by atoms with Gasteiger partial charge in [0, 0.05) is 6.20 Å². The number of amides is 1. The van der Waals surface area contributed by atoms with Crippen LogP contribution in [-0.4, -0.2) is 22.0 Å². The van der Waals surface area contributed by atoms with Crippen molar-refractivity contribution in [2.24, 2.45) is 17.3 Å². The fourth-order valence-corrected chi connectivity index (χ4v) is 2.43. The van der Waals surface area contributed by atoms with Gasteiger partial charge in [-0.25, -0.2) is 4.98 Å². The first-order valence-electron chi connectivity index (χ1n) is 5.50. The average molecular weight is 269 g/mol. The number of carbonyl (C=O) groups is 2. The standard InChI is InChI=1S/C12H13ClN2O3/c1-12(2)7(8(12)11(17)18)10(16)15-9-6(13)4-3-5-14-9/h3-5,7-8H,1-2H3,(H,17,18)(H,14,15,16). The maximum Gasteiger partial charge on any atom is 0.307 e. The summed E-state index contributed by atoms with van der Waals surface area (Å²) in [5.41, 5.74) is -0.531. The average Bonchev–Trinajstić information content (AvgIpc) is 2.85. The molecular weight excluding hydrogens is 256 g/mol. The molecule has 0 bridgehead atoms. The van der Waals surface area contributed by atoms with E-state index in [1.807, 2.05) is 0 Å². The maximum absolute atomic E-state index is 12.0. The van der Waals surface area contributed by atoms with Crippen molar-refractivity contribution in [2.75, 3.05) is 5.32 Å². The Morgan fingerprint density at radius 2 is 2.11 bits per heavy atom. The summed E-state index contributed by atoms with van der Waals surface area (Å²) in [6.07, 6.45) is 1.51. The van der Waals surface area contributed by atoms with Crippen LogP contribution in [0.1, 0.15) is 13.8 Å². The minimum atomic E-state index is -0.952. The third-order valence-corrected chi connectivity index (χ3v) is 3.68. The first-order chi connectivity index (χ1) is 8.35. The van der Waals surface area contributed by atoms with Gasteiger partial charge in [-0.3, -0.25) is 9.59 Å². The van der Waals surface area contributed by atoms with Crippen LogP contribution in [0.5, 0.6) is 0 Å². The zero-order valence-electron chi connectivity index (χ0n) is 9.98. The lowest BCUT2D eigenvalue weighted by molar-refractivity contribution is -0.140. The summed E-state index contributed by atoms with van der Waals surface area (Å²) in [6, 6.07) is 3.26. The van der Waals surface area contributed by atoms with E-state index >= 15 is 0 Å². The molecule has 6 heteroatoms. The van der Waals surface area contributed by atoms with Gasteiger partial charge < -0.3 is 10.4 Å². The highest BCUT2D eigenvalue weighted by Gasteiger charge is 2.65. The minimum absolute atomic E-state index is 0.260. The molecule has 1 aromatic heterocycles. The minimum Gasteiger partial charge on any atom is -0.481 e. The van der Waals surface area contributed by atoms with Gasteiger partial charge in [0.25, 0.3) is 0 Å². The molecule has 1 amide bonds. The molecule has 0 radical (unpaired) electrons. The lowest BCUT2D eigenvalue weighted by Crippen LogP contribution is -2.18. The van der Waals surface area contributed by atoms with Crippen LogP contribution in [0.3, 0.4) is 0 Å². The van der Waals surface area contributed by atoms with Crippen molar-refractivity contribution in [1.82, 2.24) is 4.98 Å². The summed E-state index contributed by atoms with van der Waals surface area (Å²) in [5, 5.41) is 11.9. The fourth-order valence-electron chi connectivity index (χ4n) is 2.26. The second-order valence-corrected chi connectivity index (χ2v) is 5.35. The molecule has 2 unspecified atom stereocenters. The molecule has 2 rings (SSSR count). The number of aliphatic carboxylic acids is 1. The highest BCUT2D eigenvalue weighted by atomic mass is 35.5. The normalized spacial score (nSPS) is 24.4. The first kappa shape index (κ1) is 12.8. The van der Waals surface area contributed by atoms with E-state index < -0.39 is 23.2 Å². The Bertz CT molecular complexity index is 516. The molecule has 1 fully saturated rings. The summed E-state index contributed by atoms with van der Waals surface area (Å²) in [5.74, 6) is -2.25. The number of rotatable bonds is 3. The number of aromatic nitrogens is 1. The van der Waals surface area contributed by atoms with Crippen molar-refractivity contribution in [2.45, 2.75) is 13.8 Å². The third kappa shape index (κ3) is 2.06. The predicted octanol–water partition coefficient (Wildman–Crippen LogP) is 2.03. The van der Waals surface area contributed by atoms with Gasteiger partial charge in [0.05, 0.1) is 16.9 Å². The van der Waals surface area contributed by atoms with Crippen molar-refractivity contribution in [3.8, 4) is 0 Å². The number of nitrogens with one attached hydrogen (secondary N) is 1. The van der Waals surface area contributed by atoms with Gasteiger partial charge in [-0.2, -0.15) is 0 Å². The van der Waals surface area contributed by atoms with E-state index in [4.69, 9.17) is 16.7 Å². The number of halogens is 1. The van der Waals surface area contributed by atoms with Crippen LogP contribution >= 0.6 is 11.6 Å². The molecule has 5 nitrogen and oxygen atoms in total. The van der Waals surface area contributed by atoms with Crippen molar-refractivity contribution in [3.05, 3.63) is 23.4 Å². The molecule has 2 atom stereocenters. The Hall–Kier alpha value is -1.62. The van der Waals surface area contributed by atoms with E-state index in [1.165, 1.54) is 6.20 Å². The molecule has 2 N–H and O–H groups in total. The monoisotopic (exact) mass is 268 g/mol. The van der Waals surface area contributed by atoms with Crippen LogP contribution in [0.4, 0.5) is 5.82 Å². The van der Waals surface area contributed by atoms with Crippen LogP contribution in [0.25, 0.3) is 0 Å². The Morgan fingerprint density at radius 1 is 1.44 bits per heavy atom. The van der Waals surface area contributed by atoms with E-state index in [0.717, 1.165) is 0 Å². The smallest absolute Gasteiger partial charge is 0.307 e. The summed E-state index contributed by atoms with van der Waals surface area (Å²) >= 11 is 5.87. The molecule has 0 spiro atoms. The first-order valence-corrected chi connectivity index (χ1v) is 5.87. The molecule has 1 heterocycles. The summed E-state index contributed by atoms with van der Waals surface area (Å²) in [6.45, 7) is 3.52. The molecule has 0 saturated heterocycles. The molecule has 0 aliphatic heterocycles. The molecule has 1 aliphatic carbocycles. The van der Waals surface area contributed by atoms with E-state index in [1.54, 1.807) is 26.0 Å². The lowest BCUT2D eigenvalue weighted by atomic mass is 10.1. The summed E-state index contributed by atoms with van der Waals surface area (Å²) < 4.78 is 0. The van der Waals surface area contributed by atoms with Crippen LogP contribution in [0.15, 0.2) is 18.3 Å². The maximum atomic E-state index is 12.0. The van der Waals surface area contributed by atoms with E-state index in [-0.39, 0.29) is 11.7 Å². The van der Waals surface area contributed by atoms with Gasteiger partial charge in [-0.15, -0.1) is 0 Å². The second kappa shape index (κ2) is 4.24. The molecular formula is C12H13ClN2O3. The third-order valence-electron chi connectivity index (χ3n) is 3.38. The molecule has 1 aliphatic rings. The van der Waals surface area contributed by atoms with Crippen molar-refractivity contribution in [3.63, 3.8) is 0 Å². The SMILES string of the molecule is CC1(C)C(C(=O)O)C1C(=O)Nc1ncccc1Cl. The number of hydrogen-bond donors (Lipinski definition) is 2. The number of carboxylic acid groups (broad SMARTS) is 1. The van der Waals surface area contributed by atoms with Gasteiger partial charge in [-0.05, 0) is 17.5 Å². The van der Waals surface area contributed by atoms with Crippen molar-refractivity contribution in [1.29, 1.82) is 0 Å². The fraction of sp³-hybridized carbons (Fsp3) is 0.417. The van der Waals surface area contributed by atoms with E-state index in [2.05, 4.69) is 10.3 Å². The quantitative estimate of drug-likeness (QED) is 0.879. The van der Waals surface area contributed by atoms with Gasteiger partial charge in [0.2, 0.25) is 5.91 Å². The Balaban J connectivity index is 2.11. The number of carboxylic acids is 1. The van der Waals surface area contributed by atoms with Gasteiger partial charge in [0.1, 0.15) is 0 Å². The Labute approximate surface area is 109 Å². The number of anilines is 1. The number of hydrogen-bond acceptors (Lipinski definition) is 3. The number of pyridine rings is 1. The zero-order chi connectivity index (χ0) is 13.5. The molecule has 18 heavy (non-hydrogen) atoms. The van der Waals surface area contributed by atoms with Crippen molar-refractivity contribution < 1.29 is 14.7 Å². The Kier molecular flexibility index (Phi) is 3.02. The number of nitrogens with zero attached hydrogens (tertiary/aromatic N) is 1. The topological polar surface area (TPSA) is 79.3 Å². The van der Waals surface area contributed by atoms with Gasteiger partial charge in [-0.1, -0.05) is 25.4 Å². The summed E-state index contributed by atoms with van der Waals surface area (Å²) in [7, 11) is 0.